The van der Waals surface area contributed by atoms with Crippen LogP contribution in [0, 0.1) is 5.92 Å². The van der Waals surface area contributed by atoms with Crippen LogP contribution in [0.1, 0.15) is 55.1 Å². The molecule has 0 saturated heterocycles. The number of methoxy groups -OCH3 is 1. The maximum Gasteiger partial charge on any atom is 0.337 e. The van der Waals surface area contributed by atoms with E-state index in [1.807, 2.05) is 24.5 Å². The van der Waals surface area contributed by atoms with Gasteiger partial charge in [0.25, 0.3) is 0 Å². The molecule has 0 spiro atoms. The van der Waals surface area contributed by atoms with Crippen molar-refractivity contribution in [3.63, 3.8) is 0 Å². The van der Waals surface area contributed by atoms with Crippen molar-refractivity contribution in [3.8, 4) is 0 Å². The van der Waals surface area contributed by atoms with Crippen LogP contribution in [0.2, 0.25) is 0 Å². The lowest BCUT2D eigenvalue weighted by Gasteiger charge is -2.24. The minimum atomic E-state index is -0.343. The number of H-pyrrole nitrogens is 1. The molecular weight excluding hydrogens is 444 g/mol. The number of halogens is 1. The molecule has 0 aliphatic rings. The van der Waals surface area contributed by atoms with E-state index in [0.717, 1.165) is 51.1 Å². The molecule has 2 aromatic heterocycles. The second-order valence-corrected chi connectivity index (χ2v) is 8.53. The molecule has 0 bridgehead atoms. The monoisotopic (exact) mass is 468 g/mol. The van der Waals surface area contributed by atoms with Crippen LogP contribution in [-0.4, -0.2) is 33.1 Å². The number of fused-ring (bicyclic) bond motifs is 2. The van der Waals surface area contributed by atoms with Crippen LogP contribution >= 0.6 is 15.9 Å². The number of nitrogens with one attached hydrogen (secondary N) is 1. The maximum atomic E-state index is 11.9. The molecule has 0 aliphatic heterocycles. The zero-order valence-corrected chi connectivity index (χ0v) is 18.9. The molecule has 2 heterocycles. The van der Waals surface area contributed by atoms with Crippen molar-refractivity contribution in [1.82, 2.24) is 20.0 Å². The topological polar surface area (TPSA) is 72.8 Å². The SMILES string of the molecule is CCC(CC)CC(c1cc(Br)cc2cn[nH]c12)n1ncc2cc(C(=O)OC)ccc21. The van der Waals surface area contributed by atoms with E-state index in [1.165, 1.54) is 7.11 Å². The van der Waals surface area contributed by atoms with E-state index in [2.05, 4.69) is 56.8 Å². The molecule has 0 amide bonds. The van der Waals surface area contributed by atoms with Crippen molar-refractivity contribution in [3.05, 3.63) is 58.3 Å². The Balaban J connectivity index is 1.88. The van der Waals surface area contributed by atoms with Gasteiger partial charge in [0.15, 0.2) is 0 Å². The van der Waals surface area contributed by atoms with Crippen molar-refractivity contribution in [1.29, 1.82) is 0 Å². The molecule has 7 heteroatoms. The third kappa shape index (κ3) is 3.74. The summed E-state index contributed by atoms with van der Waals surface area (Å²) in [5, 5.41) is 14.2. The number of rotatable bonds is 7. The van der Waals surface area contributed by atoms with Crippen molar-refractivity contribution in [2.24, 2.45) is 5.92 Å². The number of carbonyl (C=O) groups excluding carboxylic acids is 1. The number of aromatic amines is 1. The summed E-state index contributed by atoms with van der Waals surface area (Å²) in [4.78, 5) is 11.9. The number of ether oxygens (including phenoxy) is 1. The molecule has 156 valence electrons. The van der Waals surface area contributed by atoms with Crippen molar-refractivity contribution in [2.75, 3.05) is 7.11 Å². The summed E-state index contributed by atoms with van der Waals surface area (Å²) in [5.74, 6) is 0.227. The molecule has 6 nitrogen and oxygen atoms in total. The van der Waals surface area contributed by atoms with Crippen LogP contribution in [0.25, 0.3) is 21.8 Å². The first-order valence-corrected chi connectivity index (χ1v) is 11.0. The third-order valence-corrected chi connectivity index (χ3v) is 6.38. The van der Waals surface area contributed by atoms with Gasteiger partial charge in [-0.3, -0.25) is 9.78 Å². The Morgan fingerprint density at radius 1 is 1.17 bits per heavy atom. The number of hydrogen-bond donors (Lipinski definition) is 1. The Labute approximate surface area is 183 Å². The molecule has 0 saturated carbocycles. The van der Waals surface area contributed by atoms with Gasteiger partial charge >= 0.3 is 5.97 Å². The first-order chi connectivity index (χ1) is 14.5. The Hall–Kier alpha value is -2.67. The fraction of sp³-hybridized carbons (Fsp3) is 0.348. The van der Waals surface area contributed by atoms with Gasteiger partial charge in [0.1, 0.15) is 0 Å². The summed E-state index contributed by atoms with van der Waals surface area (Å²) < 4.78 is 7.96. The van der Waals surface area contributed by atoms with Crippen LogP contribution in [0.3, 0.4) is 0 Å². The van der Waals surface area contributed by atoms with E-state index >= 15 is 0 Å². The van der Waals surface area contributed by atoms with E-state index in [0.29, 0.717) is 11.5 Å². The van der Waals surface area contributed by atoms with Gasteiger partial charge in [0, 0.05) is 20.8 Å². The molecule has 4 rings (SSSR count). The lowest BCUT2D eigenvalue weighted by molar-refractivity contribution is 0.0601. The van der Waals surface area contributed by atoms with Gasteiger partial charge < -0.3 is 4.74 Å². The van der Waals surface area contributed by atoms with Gasteiger partial charge in [-0.1, -0.05) is 42.6 Å². The molecule has 0 aliphatic carbocycles. The van der Waals surface area contributed by atoms with Gasteiger partial charge in [-0.15, -0.1) is 0 Å². The Kier molecular flexibility index (Phi) is 5.90. The fourth-order valence-electron chi connectivity index (χ4n) is 4.15. The number of carbonyl (C=O) groups is 1. The smallest absolute Gasteiger partial charge is 0.337 e. The molecule has 0 radical (unpaired) electrons. The molecule has 0 fully saturated rings. The quantitative estimate of drug-likeness (QED) is 0.343. The lowest BCUT2D eigenvalue weighted by Crippen LogP contribution is -2.17. The standard InChI is InChI=1S/C23H25BrN4O2/c1-4-14(5-2)8-21(19-11-18(24)10-17-12-25-27-22(17)19)28-20-7-6-15(23(29)30-3)9-16(20)13-26-28/h6-7,9-14,21H,4-5,8H2,1-3H3,(H,25,27). The average molecular weight is 469 g/mol. The van der Waals surface area contributed by atoms with E-state index in [-0.39, 0.29) is 12.0 Å². The van der Waals surface area contributed by atoms with Crippen molar-refractivity contribution in [2.45, 2.75) is 39.2 Å². The molecule has 1 N–H and O–H groups in total. The fourth-order valence-corrected chi connectivity index (χ4v) is 4.65. The van der Waals surface area contributed by atoms with E-state index in [9.17, 15) is 4.79 Å². The van der Waals surface area contributed by atoms with E-state index in [4.69, 9.17) is 9.84 Å². The predicted molar refractivity (Wildman–Crippen MR) is 122 cm³/mol. The van der Waals surface area contributed by atoms with Gasteiger partial charge in [-0.2, -0.15) is 10.2 Å². The largest absolute Gasteiger partial charge is 0.465 e. The van der Waals surface area contributed by atoms with Gasteiger partial charge in [0.05, 0.1) is 42.1 Å². The molecule has 30 heavy (non-hydrogen) atoms. The van der Waals surface area contributed by atoms with Gasteiger partial charge in [0.2, 0.25) is 0 Å². The highest BCUT2D eigenvalue weighted by Crippen LogP contribution is 2.36. The predicted octanol–water partition coefficient (Wildman–Crippen LogP) is 5.88. The minimum absolute atomic E-state index is 0.0387. The third-order valence-electron chi connectivity index (χ3n) is 5.93. The highest BCUT2D eigenvalue weighted by atomic mass is 79.9. The Morgan fingerprint density at radius 2 is 1.97 bits per heavy atom. The van der Waals surface area contributed by atoms with Crippen LogP contribution < -0.4 is 0 Å². The summed E-state index contributed by atoms with van der Waals surface area (Å²) >= 11 is 3.66. The summed E-state index contributed by atoms with van der Waals surface area (Å²) in [6, 6.07) is 9.86. The van der Waals surface area contributed by atoms with Gasteiger partial charge in [-0.05, 0) is 42.7 Å². The van der Waals surface area contributed by atoms with E-state index < -0.39 is 0 Å². The number of hydrogen-bond acceptors (Lipinski definition) is 4. The first-order valence-electron chi connectivity index (χ1n) is 10.2. The Bertz CT molecular complexity index is 1190. The summed E-state index contributed by atoms with van der Waals surface area (Å²) in [7, 11) is 1.39. The molecule has 4 aromatic rings. The zero-order chi connectivity index (χ0) is 21.3. The first kappa shape index (κ1) is 20.6. The summed E-state index contributed by atoms with van der Waals surface area (Å²) in [5.41, 5.74) is 3.71. The maximum absolute atomic E-state index is 11.9. The van der Waals surface area contributed by atoms with Crippen molar-refractivity contribution < 1.29 is 9.53 Å². The Morgan fingerprint density at radius 3 is 2.70 bits per heavy atom. The van der Waals surface area contributed by atoms with Crippen molar-refractivity contribution >= 4 is 43.7 Å². The van der Waals surface area contributed by atoms with E-state index in [1.54, 1.807) is 6.07 Å². The zero-order valence-electron chi connectivity index (χ0n) is 17.4. The van der Waals surface area contributed by atoms with Gasteiger partial charge in [-0.25, -0.2) is 4.79 Å². The summed E-state index contributed by atoms with van der Waals surface area (Å²) in [6.07, 6.45) is 6.86. The normalized spacial score (nSPS) is 12.7. The number of aromatic nitrogens is 4. The van der Waals surface area contributed by atoms with Crippen LogP contribution in [0.15, 0.2) is 47.2 Å². The van der Waals surface area contributed by atoms with Crippen LogP contribution in [0.5, 0.6) is 0 Å². The second kappa shape index (κ2) is 8.60. The highest BCUT2D eigenvalue weighted by Gasteiger charge is 2.24. The molecule has 1 atom stereocenters. The molecular formula is C23H25BrN4O2. The lowest BCUT2D eigenvalue weighted by atomic mass is 9.90. The van der Waals surface area contributed by atoms with Crippen LogP contribution in [-0.2, 0) is 4.74 Å². The second-order valence-electron chi connectivity index (χ2n) is 7.62. The minimum Gasteiger partial charge on any atom is -0.465 e. The summed E-state index contributed by atoms with van der Waals surface area (Å²) in [6.45, 7) is 4.48. The molecule has 1 unspecified atom stereocenters. The van der Waals surface area contributed by atoms with Crippen LogP contribution in [0.4, 0.5) is 0 Å². The average Bonchev–Trinajstić information content (AvgIpc) is 3.40. The molecule has 2 aromatic carbocycles. The number of benzene rings is 2. The number of nitrogens with zero attached hydrogens (tertiary/aromatic N) is 3. The highest BCUT2D eigenvalue weighted by molar-refractivity contribution is 9.10. The number of esters is 1.